The molecule has 0 saturated heterocycles. The van der Waals surface area contributed by atoms with E-state index in [4.69, 9.17) is 0 Å². The van der Waals surface area contributed by atoms with E-state index >= 15 is 0 Å². The van der Waals surface area contributed by atoms with Crippen molar-refractivity contribution in [2.45, 2.75) is 237 Å². The van der Waals surface area contributed by atoms with Crippen LogP contribution in [0.25, 0.3) is 0 Å². The maximum Gasteiger partial charge on any atom is 1.00 e. The van der Waals surface area contributed by atoms with E-state index in [1.54, 1.807) is 12.1 Å². The summed E-state index contributed by atoms with van der Waals surface area (Å²) in [5.74, 6) is 0. The van der Waals surface area contributed by atoms with Crippen molar-refractivity contribution in [2.24, 2.45) is 0 Å². The van der Waals surface area contributed by atoms with Crippen LogP contribution in [-0.4, -0.2) is 13.0 Å². The minimum atomic E-state index is -4.37. The van der Waals surface area contributed by atoms with Gasteiger partial charge in [-0.1, -0.05) is 237 Å². The van der Waals surface area contributed by atoms with E-state index < -0.39 is 10.1 Å². The van der Waals surface area contributed by atoms with Crippen molar-refractivity contribution in [1.29, 1.82) is 0 Å². The van der Waals surface area contributed by atoms with Crippen LogP contribution in [0.3, 0.4) is 0 Å². The van der Waals surface area contributed by atoms with Crippen LogP contribution in [0.5, 0.6) is 0 Å². The molecule has 0 bridgehead atoms. The smallest absolute Gasteiger partial charge is 0.744 e. The molecule has 5 heteroatoms. The SMILES string of the molecule is CCCCCCCCCCCCCCCCCCCCCCCCCCCCCCCCCCCCc1ccccc1S(=O)(=O)[O-].[Na+]. The van der Waals surface area contributed by atoms with Crippen LogP contribution < -0.4 is 29.6 Å². The zero-order chi connectivity index (χ0) is 33.2. The third-order valence-corrected chi connectivity index (χ3v) is 11.0. The summed E-state index contributed by atoms with van der Waals surface area (Å²) < 4.78 is 34.1. The van der Waals surface area contributed by atoms with E-state index in [-0.39, 0.29) is 34.5 Å². The first-order valence-corrected chi connectivity index (χ1v) is 22.0. The molecule has 0 fully saturated rings. The van der Waals surface area contributed by atoms with Crippen molar-refractivity contribution in [1.82, 2.24) is 0 Å². The van der Waals surface area contributed by atoms with E-state index in [1.165, 1.54) is 212 Å². The van der Waals surface area contributed by atoms with Gasteiger partial charge in [-0.25, -0.2) is 8.42 Å². The zero-order valence-corrected chi connectivity index (χ0v) is 34.5. The standard InChI is InChI=1S/C42H78O3S.Na/c1-2-3-4-5-6-7-8-9-10-11-12-13-14-15-16-17-18-19-20-21-22-23-24-25-26-27-28-29-30-31-32-33-34-35-38-41-39-36-37-40-42(41)46(43,44)45;/h36-37,39-40H,2-35,38H2,1H3,(H,43,44,45);/q;+1/p-1. The van der Waals surface area contributed by atoms with Gasteiger partial charge in [0.05, 0.1) is 4.90 Å². The summed E-state index contributed by atoms with van der Waals surface area (Å²) in [5.41, 5.74) is 0.674. The molecule has 0 aliphatic carbocycles. The van der Waals surface area contributed by atoms with Gasteiger partial charge in [0.1, 0.15) is 10.1 Å². The first-order chi connectivity index (χ1) is 22.6. The van der Waals surface area contributed by atoms with Crippen molar-refractivity contribution in [3.05, 3.63) is 29.8 Å². The van der Waals surface area contributed by atoms with Gasteiger partial charge in [0.15, 0.2) is 0 Å². The fraction of sp³-hybridized carbons (Fsp3) is 0.857. The van der Waals surface area contributed by atoms with E-state index in [2.05, 4.69) is 6.92 Å². The van der Waals surface area contributed by atoms with Crippen LogP contribution in [0.4, 0.5) is 0 Å². The zero-order valence-electron chi connectivity index (χ0n) is 31.7. The van der Waals surface area contributed by atoms with Gasteiger partial charge in [-0.3, -0.25) is 0 Å². The van der Waals surface area contributed by atoms with Crippen LogP contribution in [0.1, 0.15) is 231 Å². The third kappa shape index (κ3) is 31.8. The fourth-order valence-electron chi connectivity index (χ4n) is 7.00. The first kappa shape index (κ1) is 47.1. The summed E-state index contributed by atoms with van der Waals surface area (Å²) in [7, 11) is -4.37. The molecule has 3 nitrogen and oxygen atoms in total. The Hall–Kier alpha value is 0.130. The molecule has 1 aromatic rings. The number of benzene rings is 1. The van der Waals surface area contributed by atoms with Crippen molar-refractivity contribution in [3.8, 4) is 0 Å². The second kappa shape index (κ2) is 35.9. The minimum absolute atomic E-state index is 0. The topological polar surface area (TPSA) is 57.2 Å². The van der Waals surface area contributed by atoms with Gasteiger partial charge >= 0.3 is 29.6 Å². The van der Waals surface area contributed by atoms with Crippen molar-refractivity contribution in [2.75, 3.05) is 0 Å². The summed E-state index contributed by atoms with van der Waals surface area (Å²) in [6, 6.07) is 6.64. The molecular formula is C42H77NaO3S. The molecule has 270 valence electrons. The second-order valence-corrected chi connectivity index (χ2v) is 15.8. The largest absolute Gasteiger partial charge is 1.00 e. The van der Waals surface area contributed by atoms with Crippen LogP contribution in [0, 0.1) is 0 Å². The van der Waals surface area contributed by atoms with Crippen molar-refractivity contribution < 1.29 is 42.5 Å². The number of hydrogen-bond acceptors (Lipinski definition) is 3. The third-order valence-electron chi connectivity index (χ3n) is 10.0. The molecule has 0 atom stereocenters. The van der Waals surface area contributed by atoms with Gasteiger partial charge in [0.25, 0.3) is 0 Å². The number of aryl methyl sites for hydroxylation is 1. The fourth-order valence-corrected chi connectivity index (χ4v) is 7.74. The van der Waals surface area contributed by atoms with E-state index in [9.17, 15) is 13.0 Å². The molecule has 0 radical (unpaired) electrons. The first-order valence-electron chi connectivity index (χ1n) is 20.6. The molecule has 0 aliphatic heterocycles. The Morgan fingerprint density at radius 1 is 0.404 bits per heavy atom. The maximum atomic E-state index is 11.4. The maximum absolute atomic E-state index is 11.4. The van der Waals surface area contributed by atoms with Gasteiger partial charge in [0, 0.05) is 0 Å². The normalized spacial score (nSPS) is 11.6. The van der Waals surface area contributed by atoms with Gasteiger partial charge in [-0.15, -0.1) is 0 Å². The summed E-state index contributed by atoms with van der Waals surface area (Å²) >= 11 is 0. The predicted molar refractivity (Wildman–Crippen MR) is 201 cm³/mol. The molecule has 47 heavy (non-hydrogen) atoms. The minimum Gasteiger partial charge on any atom is -0.744 e. The van der Waals surface area contributed by atoms with Crippen LogP contribution in [-0.2, 0) is 16.5 Å². The quantitative estimate of drug-likeness (QED) is 0.0401. The Morgan fingerprint density at radius 2 is 0.638 bits per heavy atom. The Bertz CT molecular complexity index is 872. The summed E-state index contributed by atoms with van der Waals surface area (Å²) in [6.07, 6.45) is 48.4. The number of unbranched alkanes of at least 4 members (excludes halogenated alkanes) is 33. The molecule has 0 saturated carbocycles. The van der Waals surface area contributed by atoms with Gasteiger partial charge in [-0.05, 0) is 24.5 Å². The van der Waals surface area contributed by atoms with Gasteiger partial charge in [-0.2, -0.15) is 0 Å². The summed E-state index contributed by atoms with van der Waals surface area (Å²) in [6.45, 7) is 2.30. The average Bonchev–Trinajstić information content (AvgIpc) is 3.04. The molecule has 0 aromatic heterocycles. The second-order valence-electron chi connectivity index (χ2n) is 14.5. The molecular weight excluding hydrogens is 608 g/mol. The van der Waals surface area contributed by atoms with E-state index in [0.717, 1.165) is 12.8 Å². The molecule has 0 aliphatic rings. The van der Waals surface area contributed by atoms with E-state index in [0.29, 0.717) is 12.0 Å². The van der Waals surface area contributed by atoms with Crippen LogP contribution >= 0.6 is 0 Å². The Morgan fingerprint density at radius 3 is 0.894 bits per heavy atom. The average molecular weight is 685 g/mol. The Balaban J connectivity index is 0.0000212. The summed E-state index contributed by atoms with van der Waals surface area (Å²) in [5, 5.41) is 0. The molecule has 1 aromatic carbocycles. The molecule has 0 amide bonds. The monoisotopic (exact) mass is 685 g/mol. The van der Waals surface area contributed by atoms with E-state index in [1.807, 2.05) is 6.07 Å². The molecule has 0 spiro atoms. The molecule has 1 rings (SSSR count). The van der Waals surface area contributed by atoms with Crippen LogP contribution in [0.15, 0.2) is 29.2 Å². The van der Waals surface area contributed by atoms with Crippen molar-refractivity contribution >= 4 is 10.1 Å². The molecule has 0 N–H and O–H groups in total. The number of rotatable bonds is 36. The predicted octanol–water partition coefficient (Wildman–Crippen LogP) is 11.4. The van der Waals surface area contributed by atoms with Gasteiger partial charge in [0.2, 0.25) is 0 Å². The number of hydrogen-bond donors (Lipinski definition) is 0. The van der Waals surface area contributed by atoms with Crippen LogP contribution in [0.2, 0.25) is 0 Å². The molecule has 0 unspecified atom stereocenters. The Labute approximate surface area is 317 Å². The van der Waals surface area contributed by atoms with Gasteiger partial charge < -0.3 is 4.55 Å². The van der Waals surface area contributed by atoms with Crippen molar-refractivity contribution in [3.63, 3.8) is 0 Å². The summed E-state index contributed by atoms with van der Waals surface area (Å²) in [4.78, 5) is -0.0407. The molecule has 0 heterocycles. The Kier molecular flexibility index (Phi) is 36.0.